The molecular weight excluding hydrogens is 324 g/mol. The minimum atomic E-state index is -0.388. The summed E-state index contributed by atoms with van der Waals surface area (Å²) in [5, 5.41) is 2.41. The van der Waals surface area contributed by atoms with Crippen LogP contribution >= 0.6 is 0 Å². The van der Waals surface area contributed by atoms with E-state index in [1.54, 1.807) is 6.08 Å². The quantitative estimate of drug-likeness (QED) is 0.337. The molecule has 0 aromatic heterocycles. The second kappa shape index (κ2) is 8.67. The maximum absolute atomic E-state index is 11.4. The standard InChI is InChI=1S/C23H20O3/c1-2-16-25-23(24)15-12-18-10-13-21(14-11-18)26-17-20-8-5-7-19-6-3-4-9-22(19)20/h2-15H,1,16-17H2/b15-12+. The molecule has 3 aromatic rings. The van der Waals surface area contributed by atoms with Crippen molar-refractivity contribution in [2.75, 3.05) is 6.61 Å². The van der Waals surface area contributed by atoms with Crippen LogP contribution in [0.1, 0.15) is 11.1 Å². The normalized spacial score (nSPS) is 10.8. The van der Waals surface area contributed by atoms with Gasteiger partial charge in [0.1, 0.15) is 19.0 Å². The van der Waals surface area contributed by atoms with E-state index in [1.807, 2.05) is 42.5 Å². The number of esters is 1. The fraction of sp³-hybridized carbons (Fsp3) is 0.0870. The summed E-state index contributed by atoms with van der Waals surface area (Å²) in [5.74, 6) is 0.394. The van der Waals surface area contributed by atoms with Crippen molar-refractivity contribution in [3.05, 3.63) is 96.6 Å². The smallest absolute Gasteiger partial charge is 0.331 e. The number of hydrogen-bond donors (Lipinski definition) is 0. The van der Waals surface area contributed by atoms with Crippen LogP contribution in [0.15, 0.2) is 85.5 Å². The molecule has 26 heavy (non-hydrogen) atoms. The molecule has 0 aliphatic carbocycles. The Morgan fingerprint density at radius 3 is 2.54 bits per heavy atom. The minimum absolute atomic E-state index is 0.212. The molecule has 0 unspecified atom stereocenters. The molecule has 0 spiro atoms. The monoisotopic (exact) mass is 344 g/mol. The Bertz CT molecular complexity index is 918. The predicted octanol–water partition coefficient (Wildman–Crippen LogP) is 5.16. The summed E-state index contributed by atoms with van der Waals surface area (Å²) in [6, 6.07) is 22.1. The number of benzene rings is 3. The van der Waals surface area contributed by atoms with Crippen molar-refractivity contribution in [2.24, 2.45) is 0 Å². The van der Waals surface area contributed by atoms with Crippen LogP contribution in [0.3, 0.4) is 0 Å². The molecule has 0 amide bonds. The van der Waals surface area contributed by atoms with Crippen molar-refractivity contribution in [1.29, 1.82) is 0 Å². The molecule has 0 heterocycles. The van der Waals surface area contributed by atoms with Gasteiger partial charge in [-0.25, -0.2) is 4.79 Å². The second-order valence-electron chi connectivity index (χ2n) is 5.75. The van der Waals surface area contributed by atoms with E-state index < -0.39 is 0 Å². The van der Waals surface area contributed by atoms with Crippen molar-refractivity contribution in [2.45, 2.75) is 6.61 Å². The summed E-state index contributed by atoms with van der Waals surface area (Å²) < 4.78 is 10.8. The van der Waals surface area contributed by atoms with Gasteiger partial charge in [0.25, 0.3) is 0 Å². The Morgan fingerprint density at radius 1 is 0.962 bits per heavy atom. The van der Waals surface area contributed by atoms with Crippen molar-refractivity contribution in [3.63, 3.8) is 0 Å². The maximum atomic E-state index is 11.4. The van der Waals surface area contributed by atoms with Gasteiger partial charge in [-0.15, -0.1) is 0 Å². The zero-order valence-corrected chi connectivity index (χ0v) is 14.4. The van der Waals surface area contributed by atoms with E-state index in [0.29, 0.717) is 6.61 Å². The Morgan fingerprint density at radius 2 is 1.73 bits per heavy atom. The van der Waals surface area contributed by atoms with Gasteiger partial charge in [-0.2, -0.15) is 0 Å². The molecule has 0 fully saturated rings. The lowest BCUT2D eigenvalue weighted by Gasteiger charge is -2.09. The molecule has 0 saturated carbocycles. The average Bonchev–Trinajstić information content (AvgIpc) is 2.70. The van der Waals surface area contributed by atoms with Gasteiger partial charge in [0, 0.05) is 6.08 Å². The van der Waals surface area contributed by atoms with Gasteiger partial charge in [0.05, 0.1) is 0 Å². The first kappa shape index (κ1) is 17.5. The number of fused-ring (bicyclic) bond motifs is 1. The fourth-order valence-corrected chi connectivity index (χ4v) is 2.61. The van der Waals surface area contributed by atoms with Crippen LogP contribution in [0.2, 0.25) is 0 Å². The largest absolute Gasteiger partial charge is 0.489 e. The predicted molar refractivity (Wildman–Crippen MR) is 105 cm³/mol. The molecule has 0 bridgehead atoms. The molecule has 0 saturated heterocycles. The van der Waals surface area contributed by atoms with Gasteiger partial charge < -0.3 is 9.47 Å². The van der Waals surface area contributed by atoms with Crippen molar-refractivity contribution in [1.82, 2.24) is 0 Å². The van der Waals surface area contributed by atoms with Crippen LogP contribution in [0.4, 0.5) is 0 Å². The van der Waals surface area contributed by atoms with Crippen LogP contribution in [0.25, 0.3) is 16.8 Å². The van der Waals surface area contributed by atoms with E-state index in [0.717, 1.165) is 16.9 Å². The summed E-state index contributed by atoms with van der Waals surface area (Å²) in [6.45, 7) is 4.22. The van der Waals surface area contributed by atoms with Crippen molar-refractivity contribution < 1.29 is 14.3 Å². The van der Waals surface area contributed by atoms with Gasteiger partial charge in [0.15, 0.2) is 0 Å². The van der Waals surface area contributed by atoms with E-state index in [2.05, 4.69) is 30.8 Å². The van der Waals surface area contributed by atoms with Crippen molar-refractivity contribution >= 4 is 22.8 Å². The molecule has 0 N–H and O–H groups in total. The van der Waals surface area contributed by atoms with Gasteiger partial charge in [0.2, 0.25) is 0 Å². The highest BCUT2D eigenvalue weighted by Gasteiger charge is 2.02. The molecule has 3 nitrogen and oxygen atoms in total. The van der Waals surface area contributed by atoms with Gasteiger partial charge >= 0.3 is 5.97 Å². The highest BCUT2D eigenvalue weighted by molar-refractivity contribution is 5.87. The summed E-state index contributed by atoms with van der Waals surface area (Å²) in [6.07, 6.45) is 4.64. The van der Waals surface area contributed by atoms with E-state index in [4.69, 9.17) is 9.47 Å². The zero-order valence-electron chi connectivity index (χ0n) is 14.4. The van der Waals surface area contributed by atoms with Gasteiger partial charge in [-0.05, 0) is 40.1 Å². The third-order valence-electron chi connectivity index (χ3n) is 3.91. The molecule has 0 atom stereocenters. The Hall–Kier alpha value is -3.33. The molecule has 3 rings (SSSR count). The topological polar surface area (TPSA) is 35.5 Å². The summed E-state index contributed by atoms with van der Waals surface area (Å²) in [7, 11) is 0. The molecule has 3 heteroatoms. The lowest BCUT2D eigenvalue weighted by atomic mass is 10.1. The maximum Gasteiger partial charge on any atom is 0.331 e. The van der Waals surface area contributed by atoms with E-state index in [-0.39, 0.29) is 12.6 Å². The van der Waals surface area contributed by atoms with E-state index >= 15 is 0 Å². The number of ether oxygens (including phenoxy) is 2. The van der Waals surface area contributed by atoms with Crippen LogP contribution < -0.4 is 4.74 Å². The number of rotatable bonds is 7. The lowest BCUT2D eigenvalue weighted by molar-refractivity contribution is -0.136. The molecule has 0 radical (unpaired) electrons. The number of carbonyl (C=O) groups is 1. The average molecular weight is 344 g/mol. The SMILES string of the molecule is C=CCOC(=O)/C=C/c1ccc(OCc2cccc3ccccc23)cc1. The van der Waals surface area contributed by atoms with Crippen LogP contribution in [-0.4, -0.2) is 12.6 Å². The van der Waals surface area contributed by atoms with E-state index in [1.165, 1.54) is 22.9 Å². The third kappa shape index (κ3) is 4.61. The number of hydrogen-bond acceptors (Lipinski definition) is 3. The summed E-state index contributed by atoms with van der Waals surface area (Å²) in [5.41, 5.74) is 2.05. The number of carbonyl (C=O) groups excluding carboxylic acids is 1. The minimum Gasteiger partial charge on any atom is -0.489 e. The molecule has 0 aliphatic rings. The first-order valence-electron chi connectivity index (χ1n) is 8.41. The zero-order chi connectivity index (χ0) is 18.2. The van der Waals surface area contributed by atoms with Crippen molar-refractivity contribution in [3.8, 4) is 5.75 Å². The van der Waals surface area contributed by atoms with Gasteiger partial charge in [-0.1, -0.05) is 67.3 Å². The molecule has 0 aliphatic heterocycles. The van der Waals surface area contributed by atoms with E-state index in [9.17, 15) is 4.79 Å². The molecule has 130 valence electrons. The first-order chi connectivity index (χ1) is 12.8. The van der Waals surface area contributed by atoms with Gasteiger partial charge in [-0.3, -0.25) is 0 Å². The Balaban J connectivity index is 1.61. The fourth-order valence-electron chi connectivity index (χ4n) is 2.61. The lowest BCUT2D eigenvalue weighted by Crippen LogP contribution is -1.99. The Kier molecular flexibility index (Phi) is 5.84. The van der Waals surface area contributed by atoms with Crippen LogP contribution in [0, 0.1) is 0 Å². The second-order valence-corrected chi connectivity index (χ2v) is 5.75. The molecule has 3 aromatic carbocycles. The summed E-state index contributed by atoms with van der Waals surface area (Å²) in [4.78, 5) is 11.4. The first-order valence-corrected chi connectivity index (χ1v) is 8.41. The highest BCUT2D eigenvalue weighted by Crippen LogP contribution is 2.21. The highest BCUT2D eigenvalue weighted by atomic mass is 16.5. The van der Waals surface area contributed by atoms with Crippen LogP contribution in [-0.2, 0) is 16.1 Å². The van der Waals surface area contributed by atoms with Crippen LogP contribution in [0.5, 0.6) is 5.75 Å². The Labute approximate surface area is 153 Å². The summed E-state index contributed by atoms with van der Waals surface area (Å²) >= 11 is 0. The third-order valence-corrected chi connectivity index (χ3v) is 3.91. The molecular formula is C23H20O3.